The zero-order valence-corrected chi connectivity index (χ0v) is 20.9. The molecule has 1 saturated heterocycles. The number of halogens is 3. The molecule has 34 heavy (non-hydrogen) atoms. The lowest BCUT2D eigenvalue weighted by Crippen LogP contribution is -2.54. The molecule has 1 aromatic heterocycles. The van der Waals surface area contributed by atoms with Crippen LogP contribution in [0.5, 0.6) is 0 Å². The van der Waals surface area contributed by atoms with Crippen molar-refractivity contribution in [3.05, 3.63) is 75.9 Å². The van der Waals surface area contributed by atoms with Crippen molar-refractivity contribution < 1.29 is 9.18 Å². The minimum Gasteiger partial charge on any atom is -0.368 e. The highest BCUT2D eigenvalue weighted by molar-refractivity contribution is 6.43. The number of hydrogen-bond donors (Lipinski definition) is 1. The largest absolute Gasteiger partial charge is 0.368 e. The number of carbonyl (C=O) groups is 1. The van der Waals surface area contributed by atoms with E-state index >= 15 is 0 Å². The van der Waals surface area contributed by atoms with Crippen molar-refractivity contribution >= 4 is 34.8 Å². The second kappa shape index (κ2) is 10.8. The number of anilines is 1. The topological polar surface area (TPSA) is 40.5 Å². The Labute approximate surface area is 210 Å². The maximum absolute atomic E-state index is 14.0. The van der Waals surface area contributed by atoms with Crippen LogP contribution in [0.25, 0.3) is 11.3 Å². The smallest absolute Gasteiger partial charge is 0.253 e. The Bertz CT molecular complexity index is 1140. The number of carbonyl (C=O) groups excluding carboxylic acids is 1. The van der Waals surface area contributed by atoms with E-state index in [4.69, 9.17) is 23.2 Å². The van der Waals surface area contributed by atoms with Gasteiger partial charge in [0.15, 0.2) is 0 Å². The third kappa shape index (κ3) is 5.09. The van der Waals surface area contributed by atoms with Crippen LogP contribution >= 0.6 is 23.2 Å². The fourth-order valence-electron chi connectivity index (χ4n) is 4.47. The fourth-order valence-corrected chi connectivity index (χ4v) is 4.88. The molecule has 0 saturated carbocycles. The zero-order chi connectivity index (χ0) is 24.2. The monoisotopic (exact) mass is 502 g/mol. The van der Waals surface area contributed by atoms with Crippen molar-refractivity contribution in [2.24, 2.45) is 7.05 Å². The van der Waals surface area contributed by atoms with Crippen LogP contribution in [0, 0.1) is 6.92 Å². The maximum Gasteiger partial charge on any atom is 0.253 e. The molecular weight excluding hydrogens is 474 g/mol. The Morgan fingerprint density at radius 1 is 1.06 bits per heavy atom. The predicted octanol–water partition coefficient (Wildman–Crippen LogP) is 5.20. The van der Waals surface area contributed by atoms with Crippen LogP contribution in [0.3, 0.4) is 0 Å². The molecule has 1 atom stereocenters. The van der Waals surface area contributed by atoms with Crippen molar-refractivity contribution in [1.82, 2.24) is 14.8 Å². The summed E-state index contributed by atoms with van der Waals surface area (Å²) in [5.41, 5.74) is 4.40. The first-order valence-corrected chi connectivity index (χ1v) is 12.1. The quantitative estimate of drug-likeness (QED) is 0.482. The van der Waals surface area contributed by atoms with Gasteiger partial charge in [-0.25, -0.2) is 4.39 Å². The van der Waals surface area contributed by atoms with Crippen molar-refractivity contribution in [2.45, 2.75) is 13.0 Å². The van der Waals surface area contributed by atoms with Gasteiger partial charge in [-0.1, -0.05) is 59.6 Å². The molecule has 1 amide bonds. The molecule has 5 nitrogen and oxygen atoms in total. The number of amides is 1. The predicted molar refractivity (Wildman–Crippen MR) is 138 cm³/mol. The number of alkyl halides is 1. The van der Waals surface area contributed by atoms with Crippen LogP contribution in [-0.4, -0.2) is 60.8 Å². The first-order chi connectivity index (χ1) is 16.4. The van der Waals surface area contributed by atoms with Crippen LogP contribution in [0.15, 0.2) is 54.6 Å². The molecule has 1 N–H and O–H groups in total. The summed E-state index contributed by atoms with van der Waals surface area (Å²) in [6.07, 6.45) is 0. The van der Waals surface area contributed by atoms with Crippen LogP contribution < -0.4 is 10.2 Å². The highest BCUT2D eigenvalue weighted by Gasteiger charge is 2.26. The zero-order valence-electron chi connectivity index (χ0n) is 19.4. The summed E-state index contributed by atoms with van der Waals surface area (Å²) < 4.78 is 16.0. The minimum atomic E-state index is -0.527. The number of nitrogens with zero attached hydrogens (tertiary/aromatic N) is 3. The molecule has 0 bridgehead atoms. The lowest BCUT2D eigenvalue weighted by molar-refractivity contribution is 0.0919. The average Bonchev–Trinajstić information content (AvgIpc) is 3.16. The lowest BCUT2D eigenvalue weighted by Gasteiger charge is -2.39. The molecule has 1 unspecified atom stereocenters. The summed E-state index contributed by atoms with van der Waals surface area (Å²) in [7, 11) is 1.95. The molecule has 0 spiro atoms. The van der Waals surface area contributed by atoms with Gasteiger partial charge < -0.3 is 14.8 Å². The molecule has 4 rings (SSSR count). The molecule has 8 heteroatoms. The highest BCUT2D eigenvalue weighted by atomic mass is 35.5. The summed E-state index contributed by atoms with van der Waals surface area (Å²) in [4.78, 5) is 17.2. The molecule has 2 aromatic carbocycles. The van der Waals surface area contributed by atoms with Crippen LogP contribution in [-0.2, 0) is 7.05 Å². The van der Waals surface area contributed by atoms with E-state index in [9.17, 15) is 9.18 Å². The SMILES string of the molecule is Cc1c(C(=O)NCC(CF)N2CCN(c3cccc(Cl)c3Cl)CC2)cc(-c2ccccc2)n1C. The Morgan fingerprint density at radius 3 is 2.44 bits per heavy atom. The van der Waals surface area contributed by atoms with Gasteiger partial charge in [-0.15, -0.1) is 0 Å². The first-order valence-electron chi connectivity index (χ1n) is 11.4. The van der Waals surface area contributed by atoms with E-state index in [1.807, 2.05) is 67.1 Å². The van der Waals surface area contributed by atoms with Gasteiger partial charge in [0, 0.05) is 51.2 Å². The molecule has 0 radical (unpaired) electrons. The number of aromatic nitrogens is 1. The summed E-state index contributed by atoms with van der Waals surface area (Å²) in [6, 6.07) is 17.1. The van der Waals surface area contributed by atoms with Gasteiger partial charge in [0.1, 0.15) is 6.67 Å². The third-order valence-corrected chi connectivity index (χ3v) is 7.44. The second-order valence-electron chi connectivity index (χ2n) is 8.57. The molecule has 1 aliphatic rings. The Morgan fingerprint density at radius 2 is 1.76 bits per heavy atom. The van der Waals surface area contributed by atoms with Gasteiger partial charge in [0.25, 0.3) is 5.91 Å². The number of piperazine rings is 1. The van der Waals surface area contributed by atoms with Gasteiger partial charge in [-0.2, -0.15) is 0 Å². The minimum absolute atomic E-state index is 0.182. The molecule has 1 fully saturated rings. The van der Waals surface area contributed by atoms with Crippen molar-refractivity contribution in [2.75, 3.05) is 44.3 Å². The third-order valence-electron chi connectivity index (χ3n) is 6.63. The van der Waals surface area contributed by atoms with Crippen LogP contribution in [0.2, 0.25) is 10.0 Å². The van der Waals surface area contributed by atoms with E-state index in [1.54, 1.807) is 6.07 Å². The number of nitrogens with one attached hydrogen (secondary N) is 1. The normalized spacial score (nSPS) is 15.4. The van der Waals surface area contributed by atoms with E-state index in [1.165, 1.54) is 0 Å². The van der Waals surface area contributed by atoms with E-state index in [2.05, 4.69) is 15.1 Å². The Balaban J connectivity index is 1.37. The van der Waals surface area contributed by atoms with Gasteiger partial charge in [0.2, 0.25) is 0 Å². The van der Waals surface area contributed by atoms with Gasteiger partial charge in [0.05, 0.1) is 27.3 Å². The number of rotatable bonds is 7. The van der Waals surface area contributed by atoms with Gasteiger partial charge in [-0.3, -0.25) is 9.69 Å². The molecule has 180 valence electrons. The van der Waals surface area contributed by atoms with E-state index in [-0.39, 0.29) is 18.5 Å². The van der Waals surface area contributed by atoms with E-state index in [0.717, 1.165) is 22.6 Å². The second-order valence-corrected chi connectivity index (χ2v) is 9.35. The van der Waals surface area contributed by atoms with Crippen molar-refractivity contribution in [3.63, 3.8) is 0 Å². The molecule has 2 heterocycles. The highest BCUT2D eigenvalue weighted by Crippen LogP contribution is 2.33. The molecule has 1 aliphatic heterocycles. The van der Waals surface area contributed by atoms with Crippen LogP contribution in [0.1, 0.15) is 16.1 Å². The molecular formula is C26H29Cl2FN4O. The van der Waals surface area contributed by atoms with Gasteiger partial charge >= 0.3 is 0 Å². The van der Waals surface area contributed by atoms with Crippen LogP contribution in [0.4, 0.5) is 10.1 Å². The Kier molecular flexibility index (Phi) is 7.81. The van der Waals surface area contributed by atoms with Gasteiger partial charge in [-0.05, 0) is 30.7 Å². The number of hydrogen-bond acceptors (Lipinski definition) is 3. The Hall–Kier alpha value is -2.54. The number of benzene rings is 2. The maximum atomic E-state index is 14.0. The summed E-state index contributed by atoms with van der Waals surface area (Å²) in [6.45, 7) is 4.43. The lowest BCUT2D eigenvalue weighted by atomic mass is 10.1. The first kappa shape index (κ1) is 24.6. The summed E-state index contributed by atoms with van der Waals surface area (Å²) in [5, 5.41) is 4.02. The van der Waals surface area contributed by atoms with E-state index < -0.39 is 6.67 Å². The standard InChI is InChI=1S/C26H29Cl2FN4O/c1-18-21(15-24(31(18)2)19-7-4-3-5-8-19)26(34)30-17-20(16-29)32-11-13-33(14-12-32)23-10-6-9-22(27)25(23)28/h3-10,15,20H,11-14,16-17H2,1-2H3,(H,30,34). The molecule has 3 aromatic rings. The van der Waals surface area contributed by atoms with Crippen molar-refractivity contribution in [1.29, 1.82) is 0 Å². The van der Waals surface area contributed by atoms with E-state index in [0.29, 0.717) is 41.8 Å². The summed E-state index contributed by atoms with van der Waals surface area (Å²) >= 11 is 12.5. The average molecular weight is 503 g/mol. The molecule has 0 aliphatic carbocycles. The summed E-state index contributed by atoms with van der Waals surface area (Å²) in [5.74, 6) is -0.182. The van der Waals surface area contributed by atoms with Crippen molar-refractivity contribution in [3.8, 4) is 11.3 Å². The fraction of sp³-hybridized carbons (Fsp3) is 0.346.